The summed E-state index contributed by atoms with van der Waals surface area (Å²) in [7, 11) is 1.57. The largest absolute Gasteiger partial charge is 0.496 e. The number of benzene rings is 1. The number of nitrogens with zero attached hydrogens (tertiary/aromatic N) is 1. The maximum absolute atomic E-state index is 12.4. The summed E-state index contributed by atoms with van der Waals surface area (Å²) in [5.41, 5.74) is 0.771. The molecule has 23 heavy (non-hydrogen) atoms. The van der Waals surface area contributed by atoms with Crippen molar-refractivity contribution in [1.29, 1.82) is 0 Å². The zero-order chi connectivity index (χ0) is 17.0. The summed E-state index contributed by atoms with van der Waals surface area (Å²) in [6, 6.07) is 5.52. The summed E-state index contributed by atoms with van der Waals surface area (Å²) >= 11 is 9.82. The molecule has 1 N–H and O–H groups in total. The minimum atomic E-state index is -0.884. The molecule has 0 radical (unpaired) electrons. The van der Waals surface area contributed by atoms with Gasteiger partial charge in [0.2, 0.25) is 0 Å². The molecule has 0 unspecified atom stereocenters. The summed E-state index contributed by atoms with van der Waals surface area (Å²) in [5, 5.41) is 8.68. The number of carbonyl (C=O) groups is 2. The van der Waals surface area contributed by atoms with Crippen molar-refractivity contribution in [2.75, 3.05) is 13.7 Å². The van der Waals surface area contributed by atoms with Crippen LogP contribution < -0.4 is 4.74 Å². The molecular weight excluding hydrogens is 402 g/mol. The van der Waals surface area contributed by atoms with E-state index >= 15 is 0 Å². The first kappa shape index (κ1) is 18.0. The molecular formula is C15H14BrNO4S2. The van der Waals surface area contributed by atoms with E-state index < -0.39 is 5.97 Å². The van der Waals surface area contributed by atoms with Gasteiger partial charge >= 0.3 is 5.97 Å². The Morgan fingerprint density at radius 3 is 2.91 bits per heavy atom. The molecule has 1 aliphatic heterocycles. The van der Waals surface area contributed by atoms with Gasteiger partial charge in [0.25, 0.3) is 5.91 Å². The van der Waals surface area contributed by atoms with Crippen molar-refractivity contribution in [3.05, 3.63) is 33.1 Å². The SMILES string of the molecule is COc1ccc(Br)cc1/C=C1\SC(=S)N(CCCC(=O)O)C1=O. The lowest BCUT2D eigenvalue weighted by Crippen LogP contribution is -2.29. The van der Waals surface area contributed by atoms with Crippen LogP contribution in [0.5, 0.6) is 5.75 Å². The van der Waals surface area contributed by atoms with E-state index in [1.165, 1.54) is 16.7 Å². The van der Waals surface area contributed by atoms with E-state index in [4.69, 9.17) is 22.1 Å². The highest BCUT2D eigenvalue weighted by Gasteiger charge is 2.31. The van der Waals surface area contributed by atoms with Crippen molar-refractivity contribution in [2.24, 2.45) is 0 Å². The summed E-state index contributed by atoms with van der Waals surface area (Å²) in [6.07, 6.45) is 2.12. The van der Waals surface area contributed by atoms with Crippen LogP contribution in [0.3, 0.4) is 0 Å². The number of rotatable bonds is 6. The summed E-state index contributed by atoms with van der Waals surface area (Å²) < 4.78 is 6.61. The lowest BCUT2D eigenvalue weighted by molar-refractivity contribution is -0.137. The second kappa shape index (κ2) is 7.94. The smallest absolute Gasteiger partial charge is 0.303 e. The Morgan fingerprint density at radius 2 is 2.26 bits per heavy atom. The minimum absolute atomic E-state index is 0.00949. The Balaban J connectivity index is 2.18. The van der Waals surface area contributed by atoms with Crippen LogP contribution in [0.2, 0.25) is 0 Å². The lowest BCUT2D eigenvalue weighted by Gasteiger charge is -2.13. The number of ether oxygens (including phenoxy) is 1. The molecule has 2 rings (SSSR count). The Kier molecular flexibility index (Phi) is 6.20. The van der Waals surface area contributed by atoms with Gasteiger partial charge in [0.05, 0.1) is 12.0 Å². The highest BCUT2D eigenvalue weighted by Crippen LogP contribution is 2.35. The molecule has 1 aromatic rings. The average molecular weight is 416 g/mol. The number of halogens is 1. The van der Waals surface area contributed by atoms with E-state index in [-0.39, 0.29) is 12.3 Å². The second-order valence-corrected chi connectivity index (χ2v) is 7.31. The van der Waals surface area contributed by atoms with Crippen molar-refractivity contribution in [3.8, 4) is 5.75 Å². The van der Waals surface area contributed by atoms with Crippen molar-refractivity contribution < 1.29 is 19.4 Å². The third kappa shape index (κ3) is 4.55. The molecule has 1 aliphatic rings. The van der Waals surface area contributed by atoms with Gasteiger partial charge in [-0.3, -0.25) is 14.5 Å². The molecule has 5 nitrogen and oxygen atoms in total. The van der Waals surface area contributed by atoms with Gasteiger partial charge in [-0.15, -0.1) is 0 Å². The number of methoxy groups -OCH3 is 1. The second-order valence-electron chi connectivity index (χ2n) is 4.72. The van der Waals surface area contributed by atoms with Crippen molar-refractivity contribution in [2.45, 2.75) is 12.8 Å². The number of aliphatic carboxylic acids is 1. The average Bonchev–Trinajstić information content (AvgIpc) is 2.74. The molecule has 0 atom stereocenters. The Bertz CT molecular complexity index is 690. The molecule has 122 valence electrons. The Labute approximate surface area is 151 Å². The lowest BCUT2D eigenvalue weighted by atomic mass is 10.2. The molecule has 0 aromatic heterocycles. The number of amides is 1. The van der Waals surface area contributed by atoms with E-state index in [9.17, 15) is 9.59 Å². The summed E-state index contributed by atoms with van der Waals surface area (Å²) in [6.45, 7) is 0.309. The fraction of sp³-hybridized carbons (Fsp3) is 0.267. The van der Waals surface area contributed by atoms with E-state index in [0.29, 0.717) is 27.9 Å². The fourth-order valence-electron chi connectivity index (χ4n) is 2.04. The van der Waals surface area contributed by atoms with Gasteiger partial charge in [-0.25, -0.2) is 0 Å². The topological polar surface area (TPSA) is 66.8 Å². The van der Waals surface area contributed by atoms with Gasteiger partial charge in [0, 0.05) is 23.0 Å². The normalized spacial score (nSPS) is 16.3. The van der Waals surface area contributed by atoms with Crippen LogP contribution in [0.4, 0.5) is 0 Å². The molecule has 1 amide bonds. The van der Waals surface area contributed by atoms with Crippen LogP contribution in [-0.2, 0) is 9.59 Å². The van der Waals surface area contributed by atoms with Gasteiger partial charge < -0.3 is 9.84 Å². The molecule has 1 heterocycles. The number of thioether (sulfide) groups is 1. The molecule has 0 bridgehead atoms. The molecule has 8 heteroatoms. The third-order valence-electron chi connectivity index (χ3n) is 3.12. The number of hydrogen-bond donors (Lipinski definition) is 1. The number of carboxylic acids is 1. The molecule has 0 aliphatic carbocycles. The summed E-state index contributed by atoms with van der Waals surface area (Å²) in [5.74, 6) is -0.429. The number of thiocarbonyl (C=S) groups is 1. The van der Waals surface area contributed by atoms with Crippen LogP contribution >= 0.6 is 39.9 Å². The first-order chi connectivity index (χ1) is 10.9. The first-order valence-electron chi connectivity index (χ1n) is 6.73. The van der Waals surface area contributed by atoms with Gasteiger partial charge in [0.1, 0.15) is 10.1 Å². The highest BCUT2D eigenvalue weighted by atomic mass is 79.9. The predicted molar refractivity (Wildman–Crippen MR) is 97.4 cm³/mol. The highest BCUT2D eigenvalue weighted by molar-refractivity contribution is 9.10. The van der Waals surface area contributed by atoms with Gasteiger partial charge in [0.15, 0.2) is 0 Å². The number of hydrogen-bond acceptors (Lipinski definition) is 5. The number of carboxylic acid groups (broad SMARTS) is 1. The molecule has 1 saturated heterocycles. The molecule has 1 aromatic carbocycles. The standard InChI is InChI=1S/C15H14BrNO4S2/c1-21-11-5-4-10(16)7-9(11)8-12-14(20)17(15(22)23-12)6-2-3-13(18)19/h4-5,7-8H,2-3,6H2,1H3,(H,18,19)/b12-8-. The molecule has 0 spiro atoms. The van der Waals surface area contributed by atoms with Crippen LogP contribution in [-0.4, -0.2) is 39.9 Å². The third-order valence-corrected chi connectivity index (χ3v) is 5.00. The van der Waals surface area contributed by atoms with Crippen molar-refractivity contribution >= 4 is 62.2 Å². The number of carbonyl (C=O) groups excluding carboxylic acids is 1. The van der Waals surface area contributed by atoms with E-state index in [2.05, 4.69) is 15.9 Å². The minimum Gasteiger partial charge on any atom is -0.496 e. The first-order valence-corrected chi connectivity index (χ1v) is 8.75. The van der Waals surface area contributed by atoms with Gasteiger partial charge in [-0.1, -0.05) is 39.9 Å². The fourth-order valence-corrected chi connectivity index (χ4v) is 3.72. The Morgan fingerprint density at radius 1 is 1.52 bits per heavy atom. The van der Waals surface area contributed by atoms with Crippen molar-refractivity contribution in [1.82, 2.24) is 4.90 Å². The maximum Gasteiger partial charge on any atom is 0.303 e. The van der Waals surface area contributed by atoms with Crippen LogP contribution in [0.1, 0.15) is 18.4 Å². The zero-order valence-corrected chi connectivity index (χ0v) is 15.5. The Hall–Kier alpha value is -1.38. The maximum atomic E-state index is 12.4. The quantitative estimate of drug-likeness (QED) is 0.566. The zero-order valence-electron chi connectivity index (χ0n) is 12.2. The van der Waals surface area contributed by atoms with E-state index in [1.807, 2.05) is 18.2 Å². The summed E-state index contributed by atoms with van der Waals surface area (Å²) in [4.78, 5) is 24.9. The monoisotopic (exact) mass is 415 g/mol. The van der Waals surface area contributed by atoms with Crippen LogP contribution in [0.25, 0.3) is 6.08 Å². The molecule has 1 fully saturated rings. The predicted octanol–water partition coefficient (Wildman–Crippen LogP) is 3.52. The van der Waals surface area contributed by atoms with E-state index in [0.717, 1.165) is 10.0 Å². The van der Waals surface area contributed by atoms with E-state index in [1.54, 1.807) is 13.2 Å². The van der Waals surface area contributed by atoms with Crippen LogP contribution in [0, 0.1) is 0 Å². The molecule has 0 saturated carbocycles. The van der Waals surface area contributed by atoms with Gasteiger partial charge in [-0.05, 0) is 30.7 Å². The van der Waals surface area contributed by atoms with Gasteiger partial charge in [-0.2, -0.15) is 0 Å². The van der Waals surface area contributed by atoms with Crippen LogP contribution in [0.15, 0.2) is 27.6 Å². The van der Waals surface area contributed by atoms with Crippen molar-refractivity contribution in [3.63, 3.8) is 0 Å².